The molecule has 11 heteroatoms. The number of carboxylic acid groups (broad SMARTS) is 1. The minimum atomic E-state index is -4.73. The number of hydrogen-bond acceptors (Lipinski definition) is 6. The van der Waals surface area contributed by atoms with Crippen LogP contribution in [-0.2, 0) is 13.8 Å². The second-order valence-electron chi connectivity index (χ2n) is 4.68. The molecule has 1 fully saturated rings. The van der Waals surface area contributed by atoms with Crippen LogP contribution in [0.3, 0.4) is 0 Å². The van der Waals surface area contributed by atoms with Crippen LogP contribution in [0.4, 0.5) is 0 Å². The highest BCUT2D eigenvalue weighted by atomic mass is 31.2. The molecule has 0 radical (unpaired) electrons. The Morgan fingerprint density at radius 2 is 2.05 bits per heavy atom. The van der Waals surface area contributed by atoms with E-state index in [-0.39, 0.29) is 5.56 Å². The normalized spacial score (nSPS) is 28.7. The zero-order chi connectivity index (χ0) is 16.5. The van der Waals surface area contributed by atoms with Gasteiger partial charge >= 0.3 is 13.8 Å². The first kappa shape index (κ1) is 17.0. The Kier molecular flexibility index (Phi) is 4.93. The van der Waals surface area contributed by atoms with Crippen LogP contribution >= 0.6 is 7.82 Å². The molecule has 0 aromatic carbocycles. The van der Waals surface area contributed by atoms with E-state index in [1.807, 2.05) is 0 Å². The topological polar surface area (TPSA) is 158 Å². The standard InChI is InChI=1S/C11H14NO9P/c13-8-7(5-20-22(17,18)19)21-10(9(8)14)12-3-1-2-6(4-12)11(15)16/h1-4,7-10,13-14H,5H2,(H2-,15,16,17,18,19)/p+1/t7-,8-,9-,10-/m0/s1. The fraction of sp³-hybridized carbons (Fsp3) is 0.455. The van der Waals surface area contributed by atoms with Crippen LogP contribution in [0.15, 0.2) is 24.5 Å². The molecule has 122 valence electrons. The summed E-state index contributed by atoms with van der Waals surface area (Å²) in [7, 11) is -4.73. The van der Waals surface area contributed by atoms with Gasteiger partial charge in [0.2, 0.25) is 0 Å². The predicted molar refractivity (Wildman–Crippen MR) is 67.5 cm³/mol. The lowest BCUT2D eigenvalue weighted by Crippen LogP contribution is -2.46. The molecule has 22 heavy (non-hydrogen) atoms. The zero-order valence-electron chi connectivity index (χ0n) is 11.1. The van der Waals surface area contributed by atoms with Gasteiger partial charge in [0.15, 0.2) is 18.5 Å². The molecule has 0 unspecified atom stereocenters. The number of phosphoric acid groups is 1. The summed E-state index contributed by atoms with van der Waals surface area (Å²) >= 11 is 0. The third-order valence-corrected chi connectivity index (χ3v) is 3.59. The molecule has 10 nitrogen and oxygen atoms in total. The molecule has 0 amide bonds. The van der Waals surface area contributed by atoms with E-state index in [0.717, 1.165) is 0 Å². The number of carboxylic acids is 1. The highest BCUT2D eigenvalue weighted by molar-refractivity contribution is 7.46. The highest BCUT2D eigenvalue weighted by Crippen LogP contribution is 2.37. The Balaban J connectivity index is 2.14. The molecule has 0 saturated carbocycles. The number of rotatable bonds is 5. The van der Waals surface area contributed by atoms with Gasteiger partial charge in [0, 0.05) is 6.07 Å². The van der Waals surface area contributed by atoms with Gasteiger partial charge in [0.1, 0.15) is 17.8 Å². The van der Waals surface area contributed by atoms with Crippen molar-refractivity contribution in [3.8, 4) is 0 Å². The van der Waals surface area contributed by atoms with Crippen LogP contribution in [0, 0.1) is 0 Å². The van der Waals surface area contributed by atoms with E-state index in [9.17, 15) is 19.6 Å². The van der Waals surface area contributed by atoms with Gasteiger partial charge in [-0.2, -0.15) is 4.57 Å². The average molecular weight is 336 g/mol. The molecule has 1 aromatic rings. The van der Waals surface area contributed by atoms with Gasteiger partial charge < -0.3 is 29.8 Å². The molecular formula is C11H15NO9P+. The van der Waals surface area contributed by atoms with Crippen molar-refractivity contribution in [2.24, 2.45) is 0 Å². The molecule has 0 aliphatic carbocycles. The van der Waals surface area contributed by atoms with Crippen LogP contribution in [-0.4, -0.2) is 56.0 Å². The summed E-state index contributed by atoms with van der Waals surface area (Å²) in [5.41, 5.74) is -0.0530. The lowest BCUT2D eigenvalue weighted by molar-refractivity contribution is -0.765. The largest absolute Gasteiger partial charge is 0.477 e. The minimum Gasteiger partial charge on any atom is -0.477 e. The maximum absolute atomic E-state index is 10.9. The van der Waals surface area contributed by atoms with Crippen molar-refractivity contribution in [1.82, 2.24) is 0 Å². The summed E-state index contributed by atoms with van der Waals surface area (Å²) in [5.74, 6) is -1.18. The van der Waals surface area contributed by atoms with Crippen molar-refractivity contribution in [1.29, 1.82) is 0 Å². The SMILES string of the molecule is O=C(O)c1ccc[n+]([C@H]2O[C@@H](COP(=O)(O)O)[C@H](O)[C@@H]2O)c1. The Morgan fingerprint density at radius 3 is 2.64 bits per heavy atom. The van der Waals surface area contributed by atoms with Crippen molar-refractivity contribution in [3.05, 3.63) is 30.1 Å². The van der Waals surface area contributed by atoms with Crippen molar-refractivity contribution in [2.75, 3.05) is 6.61 Å². The Hall–Kier alpha value is -1.39. The molecular weight excluding hydrogens is 321 g/mol. The van der Waals surface area contributed by atoms with Crippen molar-refractivity contribution in [2.45, 2.75) is 24.5 Å². The molecule has 1 aliphatic rings. The van der Waals surface area contributed by atoms with E-state index >= 15 is 0 Å². The van der Waals surface area contributed by atoms with E-state index in [2.05, 4.69) is 4.52 Å². The van der Waals surface area contributed by atoms with Gasteiger partial charge in [-0.3, -0.25) is 4.52 Å². The molecule has 1 aromatic heterocycles. The Labute approximate surface area is 124 Å². The van der Waals surface area contributed by atoms with Crippen molar-refractivity contribution in [3.63, 3.8) is 0 Å². The van der Waals surface area contributed by atoms with Crippen LogP contribution < -0.4 is 4.57 Å². The van der Waals surface area contributed by atoms with Gasteiger partial charge in [-0.15, -0.1) is 0 Å². The molecule has 2 heterocycles. The number of hydrogen-bond donors (Lipinski definition) is 5. The van der Waals surface area contributed by atoms with Gasteiger partial charge in [-0.05, 0) is 6.07 Å². The lowest BCUT2D eigenvalue weighted by atomic mass is 10.1. The van der Waals surface area contributed by atoms with Crippen LogP contribution in [0.25, 0.3) is 0 Å². The minimum absolute atomic E-state index is 0.0530. The van der Waals surface area contributed by atoms with Crippen molar-refractivity contribution >= 4 is 13.8 Å². The van der Waals surface area contributed by atoms with E-state index < -0.39 is 44.9 Å². The number of aliphatic hydroxyl groups is 2. The third-order valence-electron chi connectivity index (χ3n) is 3.11. The second kappa shape index (κ2) is 6.39. The third kappa shape index (κ3) is 3.87. The second-order valence-corrected chi connectivity index (χ2v) is 5.92. The quantitative estimate of drug-likeness (QED) is 0.315. The van der Waals surface area contributed by atoms with Crippen LogP contribution in [0.1, 0.15) is 16.6 Å². The number of pyridine rings is 1. The number of aliphatic hydroxyl groups excluding tert-OH is 2. The summed E-state index contributed by atoms with van der Waals surface area (Å²) in [6.07, 6.45) is -2.51. The van der Waals surface area contributed by atoms with Gasteiger partial charge in [-0.1, -0.05) is 0 Å². The summed E-state index contributed by atoms with van der Waals surface area (Å²) < 4.78 is 21.4. The first-order valence-corrected chi connectivity index (χ1v) is 7.68. The van der Waals surface area contributed by atoms with E-state index in [1.54, 1.807) is 0 Å². The van der Waals surface area contributed by atoms with Gasteiger partial charge in [0.05, 0.1) is 6.61 Å². The first-order valence-electron chi connectivity index (χ1n) is 6.15. The summed E-state index contributed by atoms with van der Waals surface area (Å²) in [6, 6.07) is 2.76. The lowest BCUT2D eigenvalue weighted by Gasteiger charge is -2.13. The first-order chi connectivity index (χ1) is 10.2. The monoisotopic (exact) mass is 336 g/mol. The number of phosphoric ester groups is 1. The predicted octanol–water partition coefficient (Wildman–Crippen LogP) is -1.60. The van der Waals surface area contributed by atoms with Crippen LogP contribution in [0.2, 0.25) is 0 Å². The average Bonchev–Trinajstić information content (AvgIpc) is 2.72. The number of carbonyl (C=O) groups is 1. The number of ether oxygens (including phenoxy) is 1. The molecule has 1 saturated heterocycles. The van der Waals surface area contributed by atoms with Gasteiger partial charge in [-0.25, -0.2) is 9.36 Å². The van der Waals surface area contributed by atoms with Gasteiger partial charge in [0.25, 0.3) is 6.23 Å². The smallest absolute Gasteiger partial charge is 0.469 e. The van der Waals surface area contributed by atoms with Crippen LogP contribution in [0.5, 0.6) is 0 Å². The fourth-order valence-electron chi connectivity index (χ4n) is 2.06. The van der Waals surface area contributed by atoms with E-state index in [4.69, 9.17) is 19.6 Å². The maximum atomic E-state index is 10.9. The summed E-state index contributed by atoms with van der Waals surface area (Å²) in [5, 5.41) is 28.7. The number of aromatic nitrogens is 1. The van der Waals surface area contributed by atoms with E-state index in [1.165, 1.54) is 29.1 Å². The fourth-order valence-corrected chi connectivity index (χ4v) is 2.40. The molecule has 1 aliphatic heterocycles. The molecule has 2 rings (SSSR count). The summed E-state index contributed by atoms with van der Waals surface area (Å²) in [6.45, 7) is -0.627. The highest BCUT2D eigenvalue weighted by Gasteiger charge is 2.48. The maximum Gasteiger partial charge on any atom is 0.469 e. The molecule has 0 bridgehead atoms. The molecule has 4 atom stereocenters. The Bertz CT molecular complexity index is 603. The summed E-state index contributed by atoms with van der Waals surface area (Å²) in [4.78, 5) is 28.2. The Morgan fingerprint density at radius 1 is 1.36 bits per heavy atom. The molecule has 0 spiro atoms. The zero-order valence-corrected chi connectivity index (χ0v) is 12.0. The van der Waals surface area contributed by atoms with Crippen molar-refractivity contribution < 1.29 is 48.3 Å². The molecule has 5 N–H and O–H groups in total. The number of nitrogens with zero attached hydrogens (tertiary/aromatic N) is 1. The van der Waals surface area contributed by atoms with E-state index in [0.29, 0.717) is 0 Å². The number of aromatic carboxylic acids is 1.